The number of aliphatic hydroxyl groups is 1. The maximum Gasteiger partial charge on any atom is 0.251 e. The number of rotatable bonds is 6. The van der Waals surface area contributed by atoms with Crippen molar-refractivity contribution in [3.63, 3.8) is 0 Å². The Kier molecular flexibility index (Phi) is 7.41. The van der Waals surface area contributed by atoms with Crippen LogP contribution in [0.2, 0.25) is 0 Å². The highest BCUT2D eigenvalue weighted by atomic mass is 16.5. The van der Waals surface area contributed by atoms with Crippen molar-refractivity contribution < 1.29 is 14.6 Å². The van der Waals surface area contributed by atoms with Gasteiger partial charge in [-0.1, -0.05) is 17.9 Å². The van der Waals surface area contributed by atoms with Crippen LogP contribution in [-0.4, -0.2) is 37.9 Å². The van der Waals surface area contributed by atoms with E-state index in [1.165, 1.54) is 0 Å². The Labute approximate surface area is 120 Å². The van der Waals surface area contributed by atoms with Gasteiger partial charge >= 0.3 is 0 Å². The second-order valence-electron chi connectivity index (χ2n) is 4.45. The Morgan fingerprint density at radius 2 is 2.20 bits per heavy atom. The molecule has 0 spiro atoms. The van der Waals surface area contributed by atoms with Crippen molar-refractivity contribution >= 4 is 5.91 Å². The van der Waals surface area contributed by atoms with Gasteiger partial charge in [0.2, 0.25) is 0 Å². The van der Waals surface area contributed by atoms with Crippen LogP contribution in [0.25, 0.3) is 0 Å². The molecule has 0 aliphatic heterocycles. The summed E-state index contributed by atoms with van der Waals surface area (Å²) >= 11 is 0. The van der Waals surface area contributed by atoms with Crippen LogP contribution in [0.15, 0.2) is 18.2 Å². The molecule has 1 amide bonds. The van der Waals surface area contributed by atoms with Crippen molar-refractivity contribution in [3.05, 3.63) is 34.9 Å². The number of aryl methyl sites for hydroxylation is 1. The number of unbranched alkanes of at least 4 members (excludes halogenated alkanes) is 1. The van der Waals surface area contributed by atoms with Crippen LogP contribution in [0, 0.1) is 18.8 Å². The van der Waals surface area contributed by atoms with Gasteiger partial charge in [-0.15, -0.1) is 0 Å². The third kappa shape index (κ3) is 5.43. The maximum absolute atomic E-state index is 12.1. The van der Waals surface area contributed by atoms with Gasteiger partial charge in [-0.25, -0.2) is 0 Å². The fourth-order valence-corrected chi connectivity index (χ4v) is 1.75. The van der Waals surface area contributed by atoms with Gasteiger partial charge in [0.15, 0.2) is 0 Å². The highest BCUT2D eigenvalue weighted by Crippen LogP contribution is 2.10. The summed E-state index contributed by atoms with van der Waals surface area (Å²) in [4.78, 5) is 12.1. The first-order valence-electron chi connectivity index (χ1n) is 6.66. The Morgan fingerprint density at radius 3 is 2.90 bits per heavy atom. The van der Waals surface area contributed by atoms with Gasteiger partial charge in [0.1, 0.15) is 6.61 Å². The summed E-state index contributed by atoms with van der Waals surface area (Å²) in [6.45, 7) is 3.05. The van der Waals surface area contributed by atoms with E-state index >= 15 is 0 Å². The molecule has 0 saturated heterocycles. The predicted molar refractivity (Wildman–Crippen MR) is 78.6 cm³/mol. The second kappa shape index (κ2) is 9.13. The first-order valence-corrected chi connectivity index (χ1v) is 6.66. The molecule has 0 aromatic heterocycles. The number of nitrogens with one attached hydrogen (secondary N) is 1. The number of ether oxygens (including phenoxy) is 1. The zero-order valence-electron chi connectivity index (χ0n) is 12.0. The van der Waals surface area contributed by atoms with Crippen LogP contribution < -0.4 is 5.32 Å². The average Bonchev–Trinajstić information content (AvgIpc) is 2.46. The highest BCUT2D eigenvalue weighted by Gasteiger charge is 2.08. The monoisotopic (exact) mass is 275 g/mol. The first-order chi connectivity index (χ1) is 9.69. The van der Waals surface area contributed by atoms with Crippen molar-refractivity contribution in [3.8, 4) is 11.8 Å². The molecule has 1 aromatic carbocycles. The molecule has 0 atom stereocenters. The molecule has 4 heteroatoms. The molecule has 20 heavy (non-hydrogen) atoms. The molecule has 0 saturated carbocycles. The van der Waals surface area contributed by atoms with Gasteiger partial charge in [0.25, 0.3) is 5.91 Å². The Balaban J connectivity index is 2.62. The summed E-state index contributed by atoms with van der Waals surface area (Å²) in [5, 5.41) is 11.6. The second-order valence-corrected chi connectivity index (χ2v) is 4.45. The molecule has 2 N–H and O–H groups in total. The molecule has 1 rings (SSSR count). The molecule has 0 heterocycles. The minimum Gasteiger partial charge on any atom is -0.385 e. The number of aliphatic hydroxyl groups excluding tert-OH is 1. The van der Waals surface area contributed by atoms with Crippen molar-refractivity contribution in [1.29, 1.82) is 0 Å². The number of methoxy groups -OCH3 is 1. The topological polar surface area (TPSA) is 58.6 Å². The Bertz CT molecular complexity index is 500. The van der Waals surface area contributed by atoms with Crippen LogP contribution >= 0.6 is 0 Å². The van der Waals surface area contributed by atoms with E-state index in [2.05, 4.69) is 17.2 Å². The van der Waals surface area contributed by atoms with Gasteiger partial charge in [-0.3, -0.25) is 4.79 Å². The number of amides is 1. The van der Waals surface area contributed by atoms with Gasteiger partial charge in [-0.2, -0.15) is 0 Å². The highest BCUT2D eigenvalue weighted by molar-refractivity contribution is 5.96. The van der Waals surface area contributed by atoms with E-state index in [1.54, 1.807) is 13.2 Å². The van der Waals surface area contributed by atoms with Gasteiger partial charge in [-0.05, 0) is 37.5 Å². The fraction of sp³-hybridized carbons (Fsp3) is 0.438. The lowest BCUT2D eigenvalue weighted by molar-refractivity contribution is 0.0950. The smallest absolute Gasteiger partial charge is 0.251 e. The van der Waals surface area contributed by atoms with Gasteiger partial charge in [0, 0.05) is 31.4 Å². The van der Waals surface area contributed by atoms with Crippen LogP contribution in [0.5, 0.6) is 0 Å². The SMILES string of the molecule is COCCCCNC(=O)c1cc(C#CCO)ccc1C. The van der Waals surface area contributed by atoms with Crippen molar-refractivity contribution in [1.82, 2.24) is 5.32 Å². The molecule has 0 radical (unpaired) electrons. The molecule has 4 nitrogen and oxygen atoms in total. The molecule has 0 aliphatic carbocycles. The summed E-state index contributed by atoms with van der Waals surface area (Å²) in [5.41, 5.74) is 2.27. The summed E-state index contributed by atoms with van der Waals surface area (Å²) in [7, 11) is 1.67. The number of benzene rings is 1. The zero-order chi connectivity index (χ0) is 14.8. The van der Waals surface area contributed by atoms with E-state index in [9.17, 15) is 4.79 Å². The lowest BCUT2D eigenvalue weighted by atomic mass is 10.0. The minimum atomic E-state index is -0.186. The third-order valence-electron chi connectivity index (χ3n) is 2.85. The van der Waals surface area contributed by atoms with E-state index in [1.807, 2.05) is 19.1 Å². The van der Waals surface area contributed by atoms with E-state index in [-0.39, 0.29) is 12.5 Å². The van der Waals surface area contributed by atoms with Crippen LogP contribution in [0.4, 0.5) is 0 Å². The fourth-order valence-electron chi connectivity index (χ4n) is 1.75. The minimum absolute atomic E-state index is 0.0902. The molecule has 0 unspecified atom stereocenters. The van der Waals surface area contributed by atoms with Crippen LogP contribution in [-0.2, 0) is 4.74 Å². The number of carbonyl (C=O) groups excluding carboxylic acids is 1. The van der Waals surface area contributed by atoms with E-state index in [4.69, 9.17) is 9.84 Å². The molecule has 1 aromatic rings. The summed E-state index contributed by atoms with van der Waals surface area (Å²) in [6.07, 6.45) is 1.82. The molecular formula is C16H21NO3. The molecule has 0 bridgehead atoms. The summed E-state index contributed by atoms with van der Waals surface area (Å²) < 4.78 is 4.96. The lowest BCUT2D eigenvalue weighted by Gasteiger charge is -2.08. The quantitative estimate of drug-likeness (QED) is 0.611. The van der Waals surface area contributed by atoms with E-state index in [0.717, 1.165) is 24.0 Å². The summed E-state index contributed by atoms with van der Waals surface area (Å²) in [5.74, 6) is 5.29. The van der Waals surface area contributed by atoms with Crippen LogP contribution in [0.1, 0.15) is 34.3 Å². The normalized spacial score (nSPS) is 9.75. The Morgan fingerprint density at radius 1 is 1.40 bits per heavy atom. The number of hydrogen-bond acceptors (Lipinski definition) is 3. The maximum atomic E-state index is 12.1. The Hall–Kier alpha value is -1.83. The zero-order valence-corrected chi connectivity index (χ0v) is 12.0. The number of hydrogen-bond donors (Lipinski definition) is 2. The van der Waals surface area contributed by atoms with Gasteiger partial charge in [0.05, 0.1) is 0 Å². The number of carbonyl (C=O) groups is 1. The predicted octanol–water partition coefficient (Wildman–Crippen LogP) is 1.50. The van der Waals surface area contributed by atoms with Crippen molar-refractivity contribution in [2.75, 3.05) is 26.9 Å². The molecular weight excluding hydrogens is 254 g/mol. The summed E-state index contributed by atoms with van der Waals surface area (Å²) in [6, 6.07) is 5.46. The first kappa shape index (κ1) is 16.2. The average molecular weight is 275 g/mol. The van der Waals surface area contributed by atoms with Crippen molar-refractivity contribution in [2.45, 2.75) is 19.8 Å². The van der Waals surface area contributed by atoms with Gasteiger partial charge < -0.3 is 15.2 Å². The standard InChI is InChI=1S/C16H21NO3/c1-13-7-8-14(6-5-10-18)12-15(13)16(19)17-9-3-4-11-20-2/h7-8,12,18H,3-4,9-11H2,1-2H3,(H,17,19). The largest absolute Gasteiger partial charge is 0.385 e. The molecule has 108 valence electrons. The molecule has 0 aliphatic rings. The van der Waals surface area contributed by atoms with Crippen molar-refractivity contribution in [2.24, 2.45) is 0 Å². The van der Waals surface area contributed by atoms with E-state index in [0.29, 0.717) is 18.7 Å². The van der Waals surface area contributed by atoms with E-state index < -0.39 is 0 Å². The lowest BCUT2D eigenvalue weighted by Crippen LogP contribution is -2.25. The van der Waals surface area contributed by atoms with Crippen LogP contribution in [0.3, 0.4) is 0 Å². The third-order valence-corrected chi connectivity index (χ3v) is 2.85. The molecule has 0 fully saturated rings.